The standard InChI is InChI=1S/C13H9BrF2O4/c1-13(2)19-11(17)8(12(18)20-13)5-7-9(15)3-6(14)4-10(7)16/h3-5H,1-2H3. The van der Waals surface area contributed by atoms with E-state index in [9.17, 15) is 18.4 Å². The zero-order chi connectivity index (χ0) is 15.1. The molecule has 0 unspecified atom stereocenters. The van der Waals surface area contributed by atoms with E-state index in [1.807, 2.05) is 0 Å². The van der Waals surface area contributed by atoms with E-state index in [0.29, 0.717) is 0 Å². The quantitative estimate of drug-likeness (QED) is 0.445. The van der Waals surface area contributed by atoms with Gasteiger partial charge in [0.1, 0.15) is 17.2 Å². The molecule has 0 aliphatic carbocycles. The molecule has 1 aliphatic rings. The lowest BCUT2D eigenvalue weighted by atomic mass is 10.1. The Kier molecular flexibility index (Phi) is 3.64. The Bertz CT molecular complexity index is 592. The number of halogens is 3. The second kappa shape index (κ2) is 4.97. The maximum atomic E-state index is 13.7. The predicted molar refractivity (Wildman–Crippen MR) is 68.3 cm³/mol. The van der Waals surface area contributed by atoms with Crippen LogP contribution >= 0.6 is 15.9 Å². The number of benzene rings is 1. The highest BCUT2D eigenvalue weighted by Crippen LogP contribution is 2.26. The molecule has 0 radical (unpaired) electrons. The number of esters is 2. The van der Waals surface area contributed by atoms with Gasteiger partial charge in [-0.2, -0.15) is 0 Å². The minimum Gasteiger partial charge on any atom is -0.419 e. The third-order valence-electron chi connectivity index (χ3n) is 2.45. The molecule has 0 spiro atoms. The summed E-state index contributed by atoms with van der Waals surface area (Å²) >= 11 is 2.93. The number of carbonyl (C=O) groups excluding carboxylic acids is 2. The van der Waals surface area contributed by atoms with Crippen molar-refractivity contribution in [3.8, 4) is 0 Å². The molecule has 7 heteroatoms. The van der Waals surface area contributed by atoms with Crippen LogP contribution in [-0.4, -0.2) is 17.7 Å². The van der Waals surface area contributed by atoms with Crippen LogP contribution in [0.25, 0.3) is 6.08 Å². The maximum Gasteiger partial charge on any atom is 0.348 e. The lowest BCUT2D eigenvalue weighted by Crippen LogP contribution is -2.41. The number of cyclic esters (lactones) is 2. The summed E-state index contributed by atoms with van der Waals surface area (Å²) in [5, 5.41) is 0. The molecular weight excluding hydrogens is 338 g/mol. The molecule has 1 aromatic carbocycles. The average Bonchev–Trinajstić information content (AvgIpc) is 2.24. The Morgan fingerprint density at radius 1 is 1.10 bits per heavy atom. The van der Waals surface area contributed by atoms with E-state index < -0.39 is 40.5 Å². The Balaban J connectivity index is 2.46. The molecule has 0 N–H and O–H groups in total. The molecule has 0 saturated carbocycles. The first-order valence-corrected chi connectivity index (χ1v) is 6.32. The van der Waals surface area contributed by atoms with E-state index >= 15 is 0 Å². The molecule has 1 aliphatic heterocycles. The summed E-state index contributed by atoms with van der Waals surface area (Å²) < 4.78 is 37.2. The maximum absolute atomic E-state index is 13.7. The van der Waals surface area contributed by atoms with Gasteiger partial charge in [-0.25, -0.2) is 18.4 Å². The highest BCUT2D eigenvalue weighted by molar-refractivity contribution is 9.10. The van der Waals surface area contributed by atoms with Gasteiger partial charge in [0.2, 0.25) is 0 Å². The Morgan fingerprint density at radius 3 is 2.00 bits per heavy atom. The molecule has 2 rings (SSSR count). The van der Waals surface area contributed by atoms with E-state index in [1.54, 1.807) is 0 Å². The van der Waals surface area contributed by atoms with Gasteiger partial charge in [0, 0.05) is 23.9 Å². The van der Waals surface area contributed by atoms with E-state index in [4.69, 9.17) is 9.47 Å². The van der Waals surface area contributed by atoms with Gasteiger partial charge < -0.3 is 9.47 Å². The number of carbonyl (C=O) groups is 2. The molecule has 0 aromatic heterocycles. The van der Waals surface area contributed by atoms with Crippen molar-refractivity contribution < 1.29 is 27.8 Å². The van der Waals surface area contributed by atoms with Gasteiger partial charge in [-0.05, 0) is 18.2 Å². The van der Waals surface area contributed by atoms with Crippen LogP contribution in [0.1, 0.15) is 19.4 Å². The molecular formula is C13H9BrF2O4. The van der Waals surface area contributed by atoms with Gasteiger partial charge >= 0.3 is 11.9 Å². The van der Waals surface area contributed by atoms with Gasteiger partial charge in [-0.3, -0.25) is 0 Å². The average molecular weight is 347 g/mol. The first-order chi connectivity index (χ1) is 9.19. The van der Waals surface area contributed by atoms with Crippen molar-refractivity contribution >= 4 is 33.9 Å². The summed E-state index contributed by atoms with van der Waals surface area (Å²) in [4.78, 5) is 23.3. The molecule has 4 nitrogen and oxygen atoms in total. The fourth-order valence-corrected chi connectivity index (χ4v) is 2.02. The molecule has 1 aromatic rings. The van der Waals surface area contributed by atoms with Crippen LogP contribution in [0.3, 0.4) is 0 Å². The van der Waals surface area contributed by atoms with E-state index in [2.05, 4.69) is 15.9 Å². The van der Waals surface area contributed by atoms with Crippen LogP contribution in [0.2, 0.25) is 0 Å². The van der Waals surface area contributed by atoms with Crippen LogP contribution in [-0.2, 0) is 19.1 Å². The first kappa shape index (κ1) is 14.6. The summed E-state index contributed by atoms with van der Waals surface area (Å²) in [5.41, 5.74) is -1.08. The van der Waals surface area contributed by atoms with Crippen molar-refractivity contribution in [3.63, 3.8) is 0 Å². The lowest BCUT2D eigenvalue weighted by molar-refractivity contribution is -0.222. The second-order valence-corrected chi connectivity index (χ2v) is 5.44. The van der Waals surface area contributed by atoms with Gasteiger partial charge in [0.25, 0.3) is 5.79 Å². The largest absolute Gasteiger partial charge is 0.419 e. The third-order valence-corrected chi connectivity index (χ3v) is 2.91. The van der Waals surface area contributed by atoms with Crippen LogP contribution in [0.15, 0.2) is 22.2 Å². The van der Waals surface area contributed by atoms with Crippen molar-refractivity contribution in [1.29, 1.82) is 0 Å². The Hall–Kier alpha value is -1.76. The van der Waals surface area contributed by atoms with Gasteiger partial charge in [0.15, 0.2) is 0 Å². The molecule has 0 bridgehead atoms. The minimum atomic E-state index is -1.40. The van der Waals surface area contributed by atoms with Crippen molar-refractivity contribution in [1.82, 2.24) is 0 Å². The molecule has 20 heavy (non-hydrogen) atoms. The van der Waals surface area contributed by atoms with E-state index in [0.717, 1.165) is 18.2 Å². The monoisotopic (exact) mass is 346 g/mol. The summed E-state index contributed by atoms with van der Waals surface area (Å²) in [6.45, 7) is 2.75. The van der Waals surface area contributed by atoms with Crippen LogP contribution < -0.4 is 0 Å². The predicted octanol–water partition coefficient (Wildman–Crippen LogP) is 2.95. The number of rotatable bonds is 1. The normalized spacial score (nSPS) is 17.6. The fourth-order valence-electron chi connectivity index (χ4n) is 1.61. The lowest BCUT2D eigenvalue weighted by Gasteiger charge is -2.29. The summed E-state index contributed by atoms with van der Waals surface area (Å²) in [6.07, 6.45) is 0.775. The Labute approximate surface area is 121 Å². The molecule has 1 saturated heterocycles. The van der Waals surface area contributed by atoms with Crippen molar-refractivity contribution in [3.05, 3.63) is 39.4 Å². The molecule has 1 fully saturated rings. The van der Waals surface area contributed by atoms with Crippen LogP contribution in [0.5, 0.6) is 0 Å². The SMILES string of the molecule is CC1(C)OC(=O)C(=Cc2c(F)cc(Br)cc2F)C(=O)O1. The number of ether oxygens (including phenoxy) is 2. The molecule has 1 heterocycles. The molecule has 0 amide bonds. The van der Waals surface area contributed by atoms with Gasteiger partial charge in [-0.1, -0.05) is 15.9 Å². The van der Waals surface area contributed by atoms with Crippen molar-refractivity contribution in [2.24, 2.45) is 0 Å². The number of hydrogen-bond acceptors (Lipinski definition) is 4. The zero-order valence-electron chi connectivity index (χ0n) is 10.5. The van der Waals surface area contributed by atoms with Gasteiger partial charge in [-0.15, -0.1) is 0 Å². The summed E-state index contributed by atoms with van der Waals surface area (Å²) in [7, 11) is 0. The number of hydrogen-bond donors (Lipinski definition) is 0. The second-order valence-electron chi connectivity index (χ2n) is 4.52. The fraction of sp³-hybridized carbons (Fsp3) is 0.231. The highest BCUT2D eigenvalue weighted by atomic mass is 79.9. The third kappa shape index (κ3) is 2.87. The van der Waals surface area contributed by atoms with E-state index in [-0.39, 0.29) is 4.47 Å². The highest BCUT2D eigenvalue weighted by Gasteiger charge is 2.39. The smallest absolute Gasteiger partial charge is 0.348 e. The topological polar surface area (TPSA) is 52.6 Å². The van der Waals surface area contributed by atoms with Gasteiger partial charge in [0.05, 0.1) is 0 Å². The molecule has 0 atom stereocenters. The molecule has 106 valence electrons. The van der Waals surface area contributed by atoms with Crippen LogP contribution in [0, 0.1) is 11.6 Å². The van der Waals surface area contributed by atoms with Crippen molar-refractivity contribution in [2.45, 2.75) is 19.6 Å². The van der Waals surface area contributed by atoms with Crippen molar-refractivity contribution in [2.75, 3.05) is 0 Å². The Morgan fingerprint density at radius 2 is 1.55 bits per heavy atom. The van der Waals surface area contributed by atoms with E-state index in [1.165, 1.54) is 13.8 Å². The first-order valence-electron chi connectivity index (χ1n) is 5.52. The van der Waals surface area contributed by atoms with Crippen LogP contribution in [0.4, 0.5) is 8.78 Å². The summed E-state index contributed by atoms with van der Waals surface area (Å²) in [6, 6.07) is 2.03. The zero-order valence-corrected chi connectivity index (χ0v) is 12.1. The minimum absolute atomic E-state index is 0.199. The summed E-state index contributed by atoms with van der Waals surface area (Å²) in [5.74, 6) is -5.23.